The zero-order chi connectivity index (χ0) is 14.3. The third-order valence-corrected chi connectivity index (χ3v) is 2.98. The first-order chi connectivity index (χ1) is 9.56. The van der Waals surface area contributed by atoms with Crippen molar-refractivity contribution in [3.63, 3.8) is 0 Å². The minimum Gasteiger partial charge on any atom is -0.508 e. The van der Waals surface area contributed by atoms with Gasteiger partial charge in [0.15, 0.2) is 5.76 Å². The highest BCUT2D eigenvalue weighted by atomic mass is 16.5. The molecule has 0 aromatic heterocycles. The number of hydrogen-bond donors (Lipinski definition) is 3. The summed E-state index contributed by atoms with van der Waals surface area (Å²) in [7, 11) is 0. The van der Waals surface area contributed by atoms with Crippen molar-refractivity contribution in [3.05, 3.63) is 53.3 Å². The predicted octanol–water partition coefficient (Wildman–Crippen LogP) is 2.42. The lowest BCUT2D eigenvalue weighted by molar-refractivity contribution is 0.101. The Balaban J connectivity index is 2.04. The molecule has 0 saturated carbocycles. The molecule has 0 atom stereocenters. The number of benzene rings is 2. The van der Waals surface area contributed by atoms with Crippen LogP contribution in [0.1, 0.15) is 15.9 Å². The van der Waals surface area contributed by atoms with Gasteiger partial charge in [-0.3, -0.25) is 4.79 Å². The Hall–Kier alpha value is -2.95. The van der Waals surface area contributed by atoms with Crippen molar-refractivity contribution in [1.82, 2.24) is 0 Å². The number of carbonyl (C=O) groups excluding carboxylic acids is 1. The largest absolute Gasteiger partial charge is 0.508 e. The molecule has 0 amide bonds. The summed E-state index contributed by atoms with van der Waals surface area (Å²) in [5.74, 6) is -0.572. The highest BCUT2D eigenvalue weighted by Crippen LogP contribution is 2.38. The molecule has 5 heteroatoms. The first-order valence-corrected chi connectivity index (χ1v) is 5.84. The summed E-state index contributed by atoms with van der Waals surface area (Å²) in [5, 5.41) is 28.6. The van der Waals surface area contributed by atoms with Gasteiger partial charge in [0, 0.05) is 11.6 Å². The van der Waals surface area contributed by atoms with Gasteiger partial charge >= 0.3 is 0 Å². The number of carbonyl (C=O) groups is 1. The molecule has 0 unspecified atom stereocenters. The Morgan fingerprint density at radius 3 is 2.50 bits per heavy atom. The van der Waals surface area contributed by atoms with Gasteiger partial charge in [-0.2, -0.15) is 0 Å². The zero-order valence-electron chi connectivity index (χ0n) is 10.2. The first kappa shape index (κ1) is 12.1. The molecule has 0 aliphatic carbocycles. The van der Waals surface area contributed by atoms with Crippen LogP contribution in [0.5, 0.6) is 23.0 Å². The van der Waals surface area contributed by atoms with Gasteiger partial charge in [0.25, 0.3) is 0 Å². The van der Waals surface area contributed by atoms with E-state index in [0.29, 0.717) is 5.56 Å². The molecule has 20 heavy (non-hydrogen) atoms. The van der Waals surface area contributed by atoms with Crippen molar-refractivity contribution in [2.45, 2.75) is 0 Å². The summed E-state index contributed by atoms with van der Waals surface area (Å²) in [6.07, 6.45) is 1.36. The van der Waals surface area contributed by atoms with Gasteiger partial charge in [0.2, 0.25) is 5.78 Å². The summed E-state index contributed by atoms with van der Waals surface area (Å²) >= 11 is 0. The number of ketones is 1. The second kappa shape index (κ2) is 4.31. The van der Waals surface area contributed by atoms with Crippen LogP contribution in [0.3, 0.4) is 0 Å². The first-order valence-electron chi connectivity index (χ1n) is 5.84. The van der Waals surface area contributed by atoms with E-state index in [1.165, 1.54) is 24.3 Å². The normalized spacial score (nSPS) is 15.2. The van der Waals surface area contributed by atoms with Crippen LogP contribution in [0.15, 0.2) is 42.2 Å². The molecular weight excluding hydrogens is 260 g/mol. The van der Waals surface area contributed by atoms with E-state index in [-0.39, 0.29) is 34.3 Å². The third-order valence-electron chi connectivity index (χ3n) is 2.98. The number of phenolic OH excluding ortho intramolecular Hbond substituents is 3. The molecule has 100 valence electrons. The second-order valence-electron chi connectivity index (χ2n) is 4.33. The average Bonchev–Trinajstić information content (AvgIpc) is 2.71. The summed E-state index contributed by atoms with van der Waals surface area (Å²) in [5.41, 5.74) is 0.440. The monoisotopic (exact) mass is 270 g/mol. The minimum atomic E-state index is -0.453. The van der Waals surface area contributed by atoms with Crippen molar-refractivity contribution in [2.24, 2.45) is 0 Å². The van der Waals surface area contributed by atoms with Crippen LogP contribution in [0.25, 0.3) is 6.08 Å². The summed E-state index contributed by atoms with van der Waals surface area (Å²) < 4.78 is 5.37. The summed E-state index contributed by atoms with van der Waals surface area (Å²) in [4.78, 5) is 12.1. The van der Waals surface area contributed by atoms with Gasteiger partial charge in [-0.15, -0.1) is 0 Å². The number of allylic oxidation sites excluding steroid dienone is 1. The lowest BCUT2D eigenvalue weighted by Crippen LogP contribution is -1.98. The summed E-state index contributed by atoms with van der Waals surface area (Å²) in [6.45, 7) is 0. The van der Waals surface area contributed by atoms with Crippen molar-refractivity contribution in [2.75, 3.05) is 0 Å². The van der Waals surface area contributed by atoms with Crippen molar-refractivity contribution in [1.29, 1.82) is 0 Å². The average molecular weight is 270 g/mol. The van der Waals surface area contributed by atoms with E-state index in [2.05, 4.69) is 0 Å². The van der Waals surface area contributed by atoms with Crippen LogP contribution in [0.4, 0.5) is 0 Å². The fourth-order valence-corrected chi connectivity index (χ4v) is 2.01. The van der Waals surface area contributed by atoms with Crippen LogP contribution in [-0.2, 0) is 0 Å². The van der Waals surface area contributed by atoms with E-state index >= 15 is 0 Å². The number of aromatic hydroxyl groups is 3. The smallest absolute Gasteiger partial charge is 0.235 e. The number of phenols is 3. The molecule has 2 aromatic rings. The van der Waals surface area contributed by atoms with Gasteiger partial charge in [-0.25, -0.2) is 0 Å². The maximum absolute atomic E-state index is 12.1. The number of hydrogen-bond acceptors (Lipinski definition) is 5. The van der Waals surface area contributed by atoms with Crippen LogP contribution in [0.2, 0.25) is 0 Å². The van der Waals surface area contributed by atoms with Crippen LogP contribution in [0, 0.1) is 0 Å². The second-order valence-corrected chi connectivity index (χ2v) is 4.33. The molecule has 1 aliphatic rings. The Kier molecular flexibility index (Phi) is 2.61. The minimum absolute atomic E-state index is 0.00231. The quantitative estimate of drug-likeness (QED) is 0.693. The van der Waals surface area contributed by atoms with E-state index < -0.39 is 5.78 Å². The van der Waals surface area contributed by atoms with Crippen LogP contribution in [-0.4, -0.2) is 21.1 Å². The number of rotatable bonds is 1. The van der Waals surface area contributed by atoms with Crippen LogP contribution < -0.4 is 4.74 Å². The molecule has 3 rings (SSSR count). The zero-order valence-corrected chi connectivity index (χ0v) is 10.2. The Morgan fingerprint density at radius 1 is 1.00 bits per heavy atom. The van der Waals surface area contributed by atoms with E-state index in [9.17, 15) is 20.1 Å². The highest BCUT2D eigenvalue weighted by Gasteiger charge is 2.30. The Morgan fingerprint density at radius 2 is 1.80 bits per heavy atom. The Bertz CT molecular complexity index is 746. The fraction of sp³-hybridized carbons (Fsp3) is 0. The third kappa shape index (κ3) is 1.85. The number of ether oxygens (including phenoxy) is 1. The molecule has 2 aromatic carbocycles. The van der Waals surface area contributed by atoms with E-state index in [4.69, 9.17) is 4.74 Å². The van der Waals surface area contributed by atoms with E-state index in [0.717, 1.165) is 6.07 Å². The molecule has 5 nitrogen and oxygen atoms in total. The molecule has 1 aliphatic heterocycles. The van der Waals surface area contributed by atoms with E-state index in [1.807, 2.05) is 0 Å². The van der Waals surface area contributed by atoms with Gasteiger partial charge in [-0.1, -0.05) is 6.07 Å². The molecule has 0 spiro atoms. The van der Waals surface area contributed by atoms with Gasteiger partial charge in [-0.05, 0) is 30.3 Å². The lowest BCUT2D eigenvalue weighted by atomic mass is 10.1. The maximum atomic E-state index is 12.1. The topological polar surface area (TPSA) is 87.0 Å². The number of Topliss-reactive ketones (excluding diaryl/α,β-unsaturated/α-hetero) is 1. The molecule has 3 N–H and O–H groups in total. The SMILES string of the molecule is O=C1/C(=C/c2ccc(O)cc2O)Oc2cccc(O)c21. The molecule has 1 heterocycles. The van der Waals surface area contributed by atoms with Crippen molar-refractivity contribution >= 4 is 11.9 Å². The van der Waals surface area contributed by atoms with Crippen molar-refractivity contribution in [3.8, 4) is 23.0 Å². The molecule has 0 bridgehead atoms. The van der Waals surface area contributed by atoms with Gasteiger partial charge < -0.3 is 20.1 Å². The van der Waals surface area contributed by atoms with E-state index in [1.54, 1.807) is 12.1 Å². The van der Waals surface area contributed by atoms with Gasteiger partial charge in [0.1, 0.15) is 28.6 Å². The molecular formula is C15H10O5. The number of fused-ring (bicyclic) bond motifs is 1. The van der Waals surface area contributed by atoms with Crippen molar-refractivity contribution < 1.29 is 24.9 Å². The fourth-order valence-electron chi connectivity index (χ4n) is 2.01. The molecule has 0 saturated heterocycles. The summed E-state index contributed by atoms with van der Waals surface area (Å²) in [6, 6.07) is 8.55. The lowest BCUT2D eigenvalue weighted by Gasteiger charge is -2.01. The highest BCUT2D eigenvalue weighted by molar-refractivity contribution is 6.16. The van der Waals surface area contributed by atoms with Gasteiger partial charge in [0.05, 0.1) is 0 Å². The molecule has 0 radical (unpaired) electrons. The standard InChI is InChI=1S/C15H10O5/c16-9-5-4-8(11(18)7-9)6-13-15(19)14-10(17)2-1-3-12(14)20-13/h1-7,16-18H/b13-6-. The maximum Gasteiger partial charge on any atom is 0.235 e. The predicted molar refractivity (Wildman–Crippen MR) is 70.8 cm³/mol. The Labute approximate surface area is 114 Å². The molecule has 0 fully saturated rings. The van der Waals surface area contributed by atoms with Crippen LogP contribution >= 0.6 is 0 Å².